The van der Waals surface area contributed by atoms with E-state index in [4.69, 9.17) is 4.74 Å². The number of hydrogen-bond donors (Lipinski definition) is 1. The number of hydrogen-bond acceptors (Lipinski definition) is 4. The topological polar surface area (TPSA) is 64.2 Å². The number of halogens is 3. The van der Waals surface area contributed by atoms with E-state index in [0.717, 1.165) is 0 Å². The molecule has 2 aromatic rings. The molecule has 112 valence electrons. The first-order chi connectivity index (χ1) is 10.0. The Morgan fingerprint density at radius 2 is 2.10 bits per heavy atom. The van der Waals surface area contributed by atoms with Crippen molar-refractivity contribution < 1.29 is 18.3 Å². The second-order valence-corrected chi connectivity index (χ2v) is 4.78. The highest BCUT2D eigenvalue weighted by molar-refractivity contribution is 9.10. The van der Waals surface area contributed by atoms with Crippen molar-refractivity contribution in [1.82, 2.24) is 9.97 Å². The van der Waals surface area contributed by atoms with Gasteiger partial charge in [0, 0.05) is 7.11 Å². The van der Waals surface area contributed by atoms with Gasteiger partial charge in [-0.05, 0) is 28.1 Å². The first kappa shape index (κ1) is 15.6. The van der Waals surface area contributed by atoms with Gasteiger partial charge in [0.2, 0.25) is 0 Å². The molecule has 5 nitrogen and oxygen atoms in total. The molecule has 0 bridgehead atoms. The average molecular weight is 361 g/mol. The predicted octanol–water partition coefficient (Wildman–Crippen LogP) is 2.95. The Bertz CT molecular complexity index is 691. The first-order valence-corrected chi connectivity index (χ1v) is 6.64. The molecule has 0 unspecified atom stereocenters. The van der Waals surface area contributed by atoms with Gasteiger partial charge >= 0.3 is 6.61 Å². The molecule has 1 aromatic carbocycles. The van der Waals surface area contributed by atoms with Crippen molar-refractivity contribution in [1.29, 1.82) is 0 Å². The maximum absolute atomic E-state index is 12.4. The predicted molar refractivity (Wildman–Crippen MR) is 75.3 cm³/mol. The van der Waals surface area contributed by atoms with Crippen LogP contribution in [-0.2, 0) is 11.3 Å². The Morgan fingerprint density at radius 3 is 2.76 bits per heavy atom. The molecule has 8 heteroatoms. The number of aromatic nitrogens is 2. The summed E-state index contributed by atoms with van der Waals surface area (Å²) in [5.41, 5.74) is 0.196. The van der Waals surface area contributed by atoms with Crippen LogP contribution in [-0.4, -0.2) is 23.7 Å². The van der Waals surface area contributed by atoms with Gasteiger partial charge in [0.1, 0.15) is 16.0 Å². The Kier molecular flexibility index (Phi) is 5.03. The average Bonchev–Trinajstić information content (AvgIpc) is 2.44. The Hall–Kier alpha value is -1.80. The maximum Gasteiger partial charge on any atom is 0.387 e. The lowest BCUT2D eigenvalue weighted by atomic mass is 10.2. The lowest BCUT2D eigenvalue weighted by Gasteiger charge is -2.11. The molecule has 0 aliphatic carbocycles. The zero-order chi connectivity index (χ0) is 15.4. The quantitative estimate of drug-likeness (QED) is 0.890. The minimum atomic E-state index is -2.97. The summed E-state index contributed by atoms with van der Waals surface area (Å²) in [6.07, 6.45) is 0. The molecule has 0 saturated heterocycles. The minimum absolute atomic E-state index is 0.0682. The van der Waals surface area contributed by atoms with Crippen molar-refractivity contribution in [3.8, 4) is 17.1 Å². The number of nitrogens with one attached hydrogen (secondary N) is 1. The second kappa shape index (κ2) is 6.77. The van der Waals surface area contributed by atoms with Crippen LogP contribution in [0, 0.1) is 0 Å². The van der Waals surface area contributed by atoms with E-state index in [1.807, 2.05) is 0 Å². The highest BCUT2D eigenvalue weighted by Crippen LogP contribution is 2.28. The molecule has 0 aliphatic rings. The van der Waals surface area contributed by atoms with E-state index in [9.17, 15) is 13.6 Å². The fourth-order valence-electron chi connectivity index (χ4n) is 1.73. The smallest absolute Gasteiger partial charge is 0.387 e. The highest BCUT2D eigenvalue weighted by atomic mass is 79.9. The van der Waals surface area contributed by atoms with Gasteiger partial charge in [0.05, 0.1) is 17.9 Å². The molecule has 0 fully saturated rings. The molecule has 0 amide bonds. The molecule has 0 spiro atoms. The number of H-pyrrole nitrogens is 1. The van der Waals surface area contributed by atoms with Gasteiger partial charge in [-0.1, -0.05) is 12.1 Å². The molecule has 0 saturated carbocycles. The van der Waals surface area contributed by atoms with Gasteiger partial charge in [-0.2, -0.15) is 8.78 Å². The summed E-state index contributed by atoms with van der Waals surface area (Å²) in [4.78, 5) is 18.6. The lowest BCUT2D eigenvalue weighted by molar-refractivity contribution is -0.0494. The molecular weight excluding hydrogens is 350 g/mol. The van der Waals surface area contributed by atoms with Gasteiger partial charge in [-0.15, -0.1) is 0 Å². The normalized spacial score (nSPS) is 10.9. The van der Waals surface area contributed by atoms with Crippen molar-refractivity contribution in [2.45, 2.75) is 13.2 Å². The number of benzene rings is 1. The molecule has 1 heterocycles. The van der Waals surface area contributed by atoms with Crippen LogP contribution in [0.4, 0.5) is 8.78 Å². The maximum atomic E-state index is 12.4. The number of methoxy groups -OCH3 is 1. The van der Waals surface area contributed by atoms with Crippen molar-refractivity contribution in [3.63, 3.8) is 0 Å². The van der Waals surface area contributed by atoms with Crippen LogP contribution >= 0.6 is 15.9 Å². The fraction of sp³-hybridized carbons (Fsp3) is 0.231. The number of nitrogens with zero attached hydrogens (tertiary/aromatic N) is 1. The third-order valence-corrected chi connectivity index (χ3v) is 3.39. The van der Waals surface area contributed by atoms with E-state index in [0.29, 0.717) is 5.69 Å². The van der Waals surface area contributed by atoms with E-state index in [-0.39, 0.29) is 28.2 Å². The third kappa shape index (κ3) is 3.64. The van der Waals surface area contributed by atoms with Crippen molar-refractivity contribution in [3.05, 3.63) is 44.8 Å². The monoisotopic (exact) mass is 360 g/mol. The molecule has 1 aromatic heterocycles. The van der Waals surface area contributed by atoms with Crippen LogP contribution in [0.15, 0.2) is 33.5 Å². The second-order valence-electron chi connectivity index (χ2n) is 3.98. The number of para-hydroxylation sites is 1. The van der Waals surface area contributed by atoms with Crippen LogP contribution in [0.3, 0.4) is 0 Å². The molecule has 1 N–H and O–H groups in total. The molecule has 0 atom stereocenters. The van der Waals surface area contributed by atoms with Crippen molar-refractivity contribution >= 4 is 15.9 Å². The molecule has 2 rings (SSSR count). The van der Waals surface area contributed by atoms with Gasteiger partial charge in [-0.3, -0.25) is 4.79 Å². The van der Waals surface area contributed by atoms with E-state index in [2.05, 4.69) is 30.6 Å². The first-order valence-electron chi connectivity index (χ1n) is 5.84. The molecule has 21 heavy (non-hydrogen) atoms. The number of aromatic amines is 1. The number of ether oxygens (including phenoxy) is 2. The third-order valence-electron chi connectivity index (χ3n) is 2.57. The van der Waals surface area contributed by atoms with E-state index in [1.54, 1.807) is 12.1 Å². The zero-order valence-corrected chi connectivity index (χ0v) is 12.5. The Labute approximate surface area is 127 Å². The van der Waals surface area contributed by atoms with Crippen LogP contribution in [0.5, 0.6) is 5.75 Å². The Morgan fingerprint density at radius 1 is 1.38 bits per heavy atom. The SMILES string of the molecule is COCc1nc(-c2ccccc2OC(F)F)[nH]c(=O)c1Br. The van der Waals surface area contributed by atoms with Crippen LogP contribution in [0.1, 0.15) is 5.69 Å². The summed E-state index contributed by atoms with van der Waals surface area (Å²) in [5.74, 6) is 0.0628. The fourth-order valence-corrected chi connectivity index (χ4v) is 2.03. The van der Waals surface area contributed by atoms with Gasteiger partial charge in [0.15, 0.2) is 0 Å². The summed E-state index contributed by atoms with van der Waals surface area (Å²) >= 11 is 3.11. The zero-order valence-electron chi connectivity index (χ0n) is 10.9. The van der Waals surface area contributed by atoms with Crippen molar-refractivity contribution in [2.24, 2.45) is 0 Å². The van der Waals surface area contributed by atoms with E-state index < -0.39 is 12.2 Å². The van der Waals surface area contributed by atoms with Gasteiger partial charge in [0.25, 0.3) is 5.56 Å². The summed E-state index contributed by atoms with van der Waals surface area (Å²) < 4.78 is 34.5. The molecular formula is C13H11BrF2N2O3. The number of alkyl halides is 2. The summed E-state index contributed by atoms with van der Waals surface area (Å²) in [7, 11) is 1.46. The molecule has 0 aliphatic heterocycles. The Balaban J connectivity index is 2.54. The van der Waals surface area contributed by atoms with E-state index in [1.165, 1.54) is 19.2 Å². The highest BCUT2D eigenvalue weighted by Gasteiger charge is 2.15. The summed E-state index contributed by atoms with van der Waals surface area (Å²) in [6, 6.07) is 6.08. The van der Waals surface area contributed by atoms with Gasteiger partial charge in [-0.25, -0.2) is 4.98 Å². The van der Waals surface area contributed by atoms with Crippen LogP contribution in [0.25, 0.3) is 11.4 Å². The minimum Gasteiger partial charge on any atom is -0.434 e. The van der Waals surface area contributed by atoms with Crippen LogP contribution in [0.2, 0.25) is 0 Å². The largest absolute Gasteiger partial charge is 0.434 e. The van der Waals surface area contributed by atoms with Gasteiger partial charge < -0.3 is 14.5 Å². The lowest BCUT2D eigenvalue weighted by Crippen LogP contribution is -2.14. The number of rotatable bonds is 5. The van der Waals surface area contributed by atoms with E-state index >= 15 is 0 Å². The summed E-state index contributed by atoms with van der Waals surface area (Å²) in [5, 5.41) is 0. The molecule has 0 radical (unpaired) electrons. The standard InChI is InChI=1S/C13H11BrF2N2O3/c1-20-6-8-10(14)12(19)18-11(17-8)7-4-2-3-5-9(7)21-13(15)16/h2-5,13H,6H2,1H3,(H,17,18,19). The van der Waals surface area contributed by atoms with Crippen LogP contribution < -0.4 is 10.3 Å². The summed E-state index contributed by atoms with van der Waals surface area (Å²) in [6.45, 7) is -2.86. The van der Waals surface area contributed by atoms with Crippen molar-refractivity contribution in [2.75, 3.05) is 7.11 Å².